The highest BCUT2D eigenvalue weighted by Crippen LogP contribution is 2.29. The lowest BCUT2D eigenvalue weighted by atomic mass is 9.94. The van der Waals surface area contributed by atoms with Gasteiger partial charge in [-0.1, -0.05) is 30.3 Å². The third-order valence-electron chi connectivity index (χ3n) is 4.50. The Morgan fingerprint density at radius 3 is 2.75 bits per heavy atom. The lowest BCUT2D eigenvalue weighted by molar-refractivity contribution is -0.145. The first-order valence-corrected chi connectivity index (χ1v) is 10.3. The first-order chi connectivity index (χ1) is 13.3. The van der Waals surface area contributed by atoms with E-state index in [2.05, 4.69) is 10.3 Å². The molecule has 3 unspecified atom stereocenters. The molecule has 3 rings (SSSR count). The van der Waals surface area contributed by atoms with Gasteiger partial charge in [-0.25, -0.2) is 4.79 Å². The highest BCUT2D eigenvalue weighted by atomic mass is 32.1. The van der Waals surface area contributed by atoms with E-state index in [1.54, 1.807) is 11.7 Å². The predicted octanol–water partition coefficient (Wildman–Crippen LogP) is 3.75. The van der Waals surface area contributed by atoms with Gasteiger partial charge in [0.25, 0.3) is 0 Å². The fourth-order valence-corrected chi connectivity index (χ4v) is 3.95. The van der Waals surface area contributed by atoms with Crippen molar-refractivity contribution in [2.24, 2.45) is 5.92 Å². The van der Waals surface area contributed by atoms with Crippen LogP contribution in [0.5, 0.6) is 0 Å². The quantitative estimate of drug-likeness (QED) is 0.745. The molecule has 0 radical (unpaired) electrons. The summed E-state index contributed by atoms with van der Waals surface area (Å²) in [5, 5.41) is 2.92. The zero-order chi connectivity index (χ0) is 20.1. The van der Waals surface area contributed by atoms with Gasteiger partial charge in [0.05, 0.1) is 17.5 Å². The topological polar surface area (TPSA) is 77.5 Å². The second-order valence-electron chi connectivity index (χ2n) is 8.02. The van der Waals surface area contributed by atoms with E-state index in [0.29, 0.717) is 19.3 Å². The summed E-state index contributed by atoms with van der Waals surface area (Å²) in [5.74, 6) is -0.438. The lowest BCUT2D eigenvalue weighted by Gasteiger charge is -2.26. The molecule has 0 saturated carbocycles. The SMILES string of the molecule is CC(C)(C)OC(=O)NC(Cc1ccccc1)C1CC(Cc2cncs2)C(=O)O1. The van der Waals surface area contributed by atoms with Crippen LogP contribution in [-0.4, -0.2) is 34.8 Å². The van der Waals surface area contributed by atoms with Crippen LogP contribution < -0.4 is 5.32 Å². The molecule has 1 aromatic carbocycles. The summed E-state index contributed by atoms with van der Waals surface area (Å²) >= 11 is 1.53. The zero-order valence-electron chi connectivity index (χ0n) is 16.4. The number of hydrogen-bond donors (Lipinski definition) is 1. The number of carbonyl (C=O) groups is 2. The van der Waals surface area contributed by atoms with Gasteiger partial charge in [-0.05, 0) is 39.2 Å². The number of thiazole rings is 1. The largest absolute Gasteiger partial charge is 0.460 e. The van der Waals surface area contributed by atoms with Crippen molar-refractivity contribution in [2.75, 3.05) is 0 Å². The van der Waals surface area contributed by atoms with Crippen LogP contribution in [0.4, 0.5) is 4.79 Å². The maximum Gasteiger partial charge on any atom is 0.408 e. The van der Waals surface area contributed by atoms with Crippen molar-refractivity contribution in [3.05, 3.63) is 52.5 Å². The summed E-state index contributed by atoms with van der Waals surface area (Å²) in [6, 6.07) is 9.48. The molecule has 1 aromatic heterocycles. The summed E-state index contributed by atoms with van der Waals surface area (Å²) < 4.78 is 11.1. The van der Waals surface area contributed by atoms with Crippen LogP contribution in [0.3, 0.4) is 0 Å². The summed E-state index contributed by atoms with van der Waals surface area (Å²) in [6.45, 7) is 5.46. The Balaban J connectivity index is 1.70. The Morgan fingerprint density at radius 2 is 2.11 bits per heavy atom. The Morgan fingerprint density at radius 1 is 1.36 bits per heavy atom. The van der Waals surface area contributed by atoms with Gasteiger partial charge in [0.2, 0.25) is 0 Å². The van der Waals surface area contributed by atoms with Crippen LogP contribution >= 0.6 is 11.3 Å². The fourth-order valence-electron chi connectivity index (χ4n) is 3.27. The molecule has 3 atom stereocenters. The normalized spacial score (nSPS) is 20.5. The molecule has 0 aliphatic carbocycles. The standard InChI is InChI=1S/C21H26N2O4S/c1-21(2,3)27-20(25)23-17(9-14-7-5-4-6-8-14)18-11-15(19(24)26-18)10-16-12-22-13-28-16/h4-8,12-13,15,17-18H,9-11H2,1-3H3,(H,23,25). The van der Waals surface area contributed by atoms with E-state index in [-0.39, 0.29) is 17.9 Å². The number of nitrogens with zero attached hydrogens (tertiary/aromatic N) is 1. The third kappa shape index (κ3) is 5.79. The van der Waals surface area contributed by atoms with Crippen LogP contribution in [0, 0.1) is 5.92 Å². The van der Waals surface area contributed by atoms with Crippen LogP contribution in [0.2, 0.25) is 0 Å². The van der Waals surface area contributed by atoms with Gasteiger partial charge < -0.3 is 14.8 Å². The Hall–Kier alpha value is -2.41. The number of nitrogens with one attached hydrogen (secondary N) is 1. The number of hydrogen-bond acceptors (Lipinski definition) is 6. The van der Waals surface area contributed by atoms with E-state index in [4.69, 9.17) is 9.47 Å². The van der Waals surface area contributed by atoms with Crippen molar-refractivity contribution >= 4 is 23.4 Å². The molecule has 150 valence electrons. The van der Waals surface area contributed by atoms with E-state index in [1.807, 2.05) is 51.1 Å². The number of cyclic esters (lactones) is 1. The van der Waals surface area contributed by atoms with Gasteiger partial charge in [0.15, 0.2) is 0 Å². The number of ether oxygens (including phenoxy) is 2. The van der Waals surface area contributed by atoms with Gasteiger partial charge in [-0.15, -0.1) is 11.3 Å². The Bertz CT molecular complexity index is 786. The average Bonchev–Trinajstić information content (AvgIpc) is 3.24. The molecule has 0 bridgehead atoms. The molecule has 2 heterocycles. The number of alkyl carbamates (subject to hydrolysis) is 1. The van der Waals surface area contributed by atoms with Gasteiger partial charge >= 0.3 is 12.1 Å². The molecule has 1 aliphatic heterocycles. The molecule has 1 N–H and O–H groups in total. The second kappa shape index (κ2) is 8.73. The van der Waals surface area contributed by atoms with E-state index in [1.165, 1.54) is 11.3 Å². The average molecular weight is 403 g/mol. The zero-order valence-corrected chi connectivity index (χ0v) is 17.2. The van der Waals surface area contributed by atoms with E-state index in [0.717, 1.165) is 10.4 Å². The van der Waals surface area contributed by atoms with E-state index < -0.39 is 17.8 Å². The number of amides is 1. The van der Waals surface area contributed by atoms with Gasteiger partial charge in [0.1, 0.15) is 11.7 Å². The molecule has 1 aliphatic rings. The van der Waals surface area contributed by atoms with Crippen LogP contribution in [-0.2, 0) is 27.1 Å². The van der Waals surface area contributed by atoms with Crippen molar-refractivity contribution in [2.45, 2.75) is 57.8 Å². The summed E-state index contributed by atoms with van der Waals surface area (Å²) in [5.41, 5.74) is 2.23. The number of rotatable bonds is 6. The number of carbonyl (C=O) groups excluding carboxylic acids is 2. The van der Waals surface area contributed by atoms with Crippen molar-refractivity contribution in [1.82, 2.24) is 10.3 Å². The summed E-state index contributed by atoms with van der Waals surface area (Å²) in [6.07, 6.45) is 2.62. The molecule has 0 spiro atoms. The molecule has 2 aromatic rings. The highest BCUT2D eigenvalue weighted by molar-refractivity contribution is 7.09. The Labute approximate surface area is 169 Å². The predicted molar refractivity (Wildman–Crippen MR) is 107 cm³/mol. The molecule has 1 amide bonds. The molecule has 6 nitrogen and oxygen atoms in total. The minimum Gasteiger partial charge on any atom is -0.460 e. The summed E-state index contributed by atoms with van der Waals surface area (Å²) in [7, 11) is 0. The first kappa shape index (κ1) is 20.3. The smallest absolute Gasteiger partial charge is 0.408 e. The van der Waals surface area contributed by atoms with Gasteiger partial charge in [-0.2, -0.15) is 0 Å². The van der Waals surface area contributed by atoms with Crippen LogP contribution in [0.1, 0.15) is 37.6 Å². The fraction of sp³-hybridized carbons (Fsp3) is 0.476. The van der Waals surface area contributed by atoms with Crippen LogP contribution in [0.25, 0.3) is 0 Å². The van der Waals surface area contributed by atoms with Gasteiger partial charge in [-0.3, -0.25) is 9.78 Å². The van der Waals surface area contributed by atoms with E-state index >= 15 is 0 Å². The minimum atomic E-state index is -0.595. The maximum absolute atomic E-state index is 12.4. The monoisotopic (exact) mass is 402 g/mol. The Kier molecular flexibility index (Phi) is 6.34. The van der Waals surface area contributed by atoms with Gasteiger partial charge in [0, 0.05) is 17.5 Å². The molecule has 1 saturated heterocycles. The highest BCUT2D eigenvalue weighted by Gasteiger charge is 2.40. The molecular formula is C21H26N2O4S. The van der Waals surface area contributed by atoms with Crippen molar-refractivity contribution in [3.8, 4) is 0 Å². The first-order valence-electron chi connectivity index (χ1n) is 9.41. The van der Waals surface area contributed by atoms with Crippen molar-refractivity contribution in [1.29, 1.82) is 0 Å². The van der Waals surface area contributed by atoms with E-state index in [9.17, 15) is 9.59 Å². The molecule has 28 heavy (non-hydrogen) atoms. The molecule has 1 fully saturated rings. The summed E-state index contributed by atoms with van der Waals surface area (Å²) in [4.78, 5) is 29.9. The maximum atomic E-state index is 12.4. The second-order valence-corrected chi connectivity index (χ2v) is 8.99. The number of benzene rings is 1. The molecular weight excluding hydrogens is 376 g/mol. The van der Waals surface area contributed by atoms with Crippen molar-refractivity contribution < 1.29 is 19.1 Å². The minimum absolute atomic E-state index is 0.218. The van der Waals surface area contributed by atoms with Crippen molar-refractivity contribution in [3.63, 3.8) is 0 Å². The third-order valence-corrected chi connectivity index (χ3v) is 5.30. The lowest BCUT2D eigenvalue weighted by Crippen LogP contribution is -2.46. The number of esters is 1. The molecule has 7 heteroatoms. The number of aromatic nitrogens is 1. The van der Waals surface area contributed by atoms with Crippen LogP contribution in [0.15, 0.2) is 42.0 Å².